The van der Waals surface area contributed by atoms with Gasteiger partial charge in [-0.2, -0.15) is 11.8 Å². The van der Waals surface area contributed by atoms with Crippen molar-refractivity contribution in [3.05, 3.63) is 59.7 Å². The van der Waals surface area contributed by atoms with Crippen LogP contribution in [0.1, 0.15) is 69.9 Å². The van der Waals surface area contributed by atoms with Gasteiger partial charge in [0.2, 0.25) is 70.9 Å². The summed E-state index contributed by atoms with van der Waals surface area (Å²) in [6, 6.07) is -8.55. The van der Waals surface area contributed by atoms with E-state index in [0.717, 1.165) is 40.3 Å². The molecular weight excluding hydrogens is 1260 g/mol. The molecule has 500 valence electrons. The molecule has 12 amide bonds. The molecule has 0 spiro atoms. The summed E-state index contributed by atoms with van der Waals surface area (Å²) in [5, 5.41) is 82.8. The number of amides is 12. The summed E-state index contributed by atoms with van der Waals surface area (Å²) in [7, 11) is 1.62. The van der Waals surface area contributed by atoms with Gasteiger partial charge < -0.3 is 101 Å². The number of carbonyl (C=O) groups excluding carboxylic acids is 12. The first kappa shape index (κ1) is 75.0. The number of aliphatic hydroxyl groups is 2. The third-order valence-corrected chi connectivity index (χ3v) is 17.2. The number of aromatic hydroxyl groups is 2. The molecule has 2 aromatic carbocycles. The fourth-order valence-electron chi connectivity index (χ4n) is 9.20. The predicted molar refractivity (Wildman–Crippen MR) is 327 cm³/mol. The number of nitrogens with two attached hydrogens (primary N) is 3. The Kier molecular flexibility index (Phi) is 30.0. The van der Waals surface area contributed by atoms with Crippen molar-refractivity contribution in [3.8, 4) is 11.5 Å². The second-order valence-electron chi connectivity index (χ2n) is 21.4. The molecule has 2 saturated heterocycles. The zero-order valence-corrected chi connectivity index (χ0v) is 52.1. The van der Waals surface area contributed by atoms with Crippen LogP contribution in [-0.2, 0) is 80.0 Å². The number of hydrogen-bond donors (Lipinski definition) is 18. The van der Waals surface area contributed by atoms with Crippen LogP contribution in [0.3, 0.4) is 0 Å². The van der Waals surface area contributed by atoms with Crippen molar-refractivity contribution in [1.82, 2.24) is 52.8 Å². The lowest BCUT2D eigenvalue weighted by molar-refractivity contribution is -0.144. The zero-order chi connectivity index (χ0) is 67.8. The molecule has 2 aromatic rings. The van der Waals surface area contributed by atoms with Crippen molar-refractivity contribution in [3.63, 3.8) is 0 Å². The highest BCUT2D eigenvalue weighted by molar-refractivity contribution is 8.76. The van der Waals surface area contributed by atoms with Gasteiger partial charge in [0.05, 0.1) is 31.1 Å². The Morgan fingerprint density at radius 3 is 1.48 bits per heavy atom. The van der Waals surface area contributed by atoms with Gasteiger partial charge in [0.15, 0.2) is 0 Å². The van der Waals surface area contributed by atoms with Crippen molar-refractivity contribution in [2.45, 2.75) is 150 Å². The van der Waals surface area contributed by atoms with Crippen LogP contribution in [0.4, 0.5) is 0 Å². The topological polar surface area (TPSA) is 550 Å². The standard InChI is InChI=1S/C55H77N13O20S3/c1-25(69)43-52(84)63-35(20-28-8-12-30(72)13-9-28)48(80)59-32(14-15-40(57)73)46(78)60-33(16-18-89-3)47(79)62-36(22-42(75)76)50(82)65-38(55(87)88)24-91-90-23-31(56)45(77)61-34(19-27-6-10-29(71)11-7-27)49(81)64-37(21-41(58)74)54(86)68-17-4-5-39(68)51(83)66-44(26(2)70)53(85)67-43/h6-13,25-26,31-39,43-44,69-72H,4-5,14-24,56H2,1-3H3,(H2,57,73)(H2,58,74)(H,59,80)(H,60,78)(H,61,77)(H,62,79)(H,63,84)(H,64,81)(H,65,82)(H,66,83)(H,67,85)(H,75,76)(H,87,88)/t25-,26-,31+,32+,33+,34+,35+,36+,37+,38+,39+,43+,44+/m1/s1. The number of aliphatic carboxylic acids is 2. The maximum atomic E-state index is 14.4. The van der Waals surface area contributed by atoms with Gasteiger partial charge in [0, 0.05) is 37.3 Å². The van der Waals surface area contributed by atoms with Crippen molar-refractivity contribution in [1.29, 1.82) is 0 Å². The second kappa shape index (κ2) is 36.4. The Morgan fingerprint density at radius 1 is 0.560 bits per heavy atom. The fourth-order valence-corrected chi connectivity index (χ4v) is 11.9. The maximum Gasteiger partial charge on any atom is 0.327 e. The van der Waals surface area contributed by atoms with Gasteiger partial charge in [0.1, 0.15) is 71.9 Å². The van der Waals surface area contributed by atoms with Crippen molar-refractivity contribution >= 4 is 116 Å². The Bertz CT molecular complexity index is 2970. The molecule has 36 heteroatoms. The van der Waals surface area contributed by atoms with Gasteiger partial charge in [-0.15, -0.1) is 0 Å². The lowest BCUT2D eigenvalue weighted by Gasteiger charge is -2.31. The van der Waals surface area contributed by atoms with Crippen LogP contribution < -0.4 is 65.1 Å². The van der Waals surface area contributed by atoms with Crippen molar-refractivity contribution in [2.75, 3.05) is 30.1 Å². The van der Waals surface area contributed by atoms with Crippen LogP contribution >= 0.6 is 33.3 Å². The maximum absolute atomic E-state index is 14.4. The van der Waals surface area contributed by atoms with Crippen molar-refractivity contribution < 1.29 is 97.8 Å². The monoisotopic (exact) mass is 1340 g/mol. The van der Waals surface area contributed by atoms with Gasteiger partial charge in [-0.05, 0) is 86.9 Å². The lowest BCUT2D eigenvalue weighted by Crippen LogP contribution is -2.63. The summed E-state index contributed by atoms with van der Waals surface area (Å²) < 4.78 is 0. The minimum Gasteiger partial charge on any atom is -0.508 e. The van der Waals surface area contributed by atoms with Gasteiger partial charge in [-0.25, -0.2) is 4.79 Å². The molecule has 4 rings (SSSR count). The number of carbonyl (C=O) groups is 14. The number of fused-ring (bicyclic) bond motifs is 1. The number of carboxylic acid groups (broad SMARTS) is 2. The summed E-state index contributed by atoms with van der Waals surface area (Å²) in [4.78, 5) is 192. The van der Waals surface area contributed by atoms with E-state index in [2.05, 4.69) is 47.9 Å². The predicted octanol–water partition coefficient (Wildman–Crippen LogP) is -5.83. The number of primary amides is 2. The number of phenolic OH excluding ortho intramolecular Hbond substituents is 2. The first-order valence-corrected chi connectivity index (χ1v) is 32.2. The smallest absolute Gasteiger partial charge is 0.327 e. The molecule has 33 nitrogen and oxygen atoms in total. The van der Waals surface area contributed by atoms with E-state index in [9.17, 15) is 97.8 Å². The lowest BCUT2D eigenvalue weighted by atomic mass is 10.0. The van der Waals surface area contributed by atoms with Gasteiger partial charge in [-0.3, -0.25) is 62.3 Å². The SMILES string of the molecule is CSCC[C@@H]1NC(=O)[C@H](CCC(N)=O)NC(=O)[C@H](Cc2ccc(O)cc2)NC(=O)[C@H]([C@@H](C)O)NC(=O)[C@H]([C@@H](C)O)NC(=O)[C@@H]2CCCN2C(=O)[C@H](CC(N)=O)NC(=O)[C@H](Cc2ccc(O)cc2)NC(=O)[C@@H](N)CSSC[C@@H](C(=O)O)NC(=O)[C@H](CC(=O)O)NC1=O. The highest BCUT2D eigenvalue weighted by atomic mass is 33.1. The number of nitrogens with zero attached hydrogens (tertiary/aromatic N) is 1. The van der Waals surface area contributed by atoms with Crippen molar-refractivity contribution in [2.24, 2.45) is 17.2 Å². The normalized spacial score (nSPS) is 26.1. The highest BCUT2D eigenvalue weighted by Gasteiger charge is 2.42. The summed E-state index contributed by atoms with van der Waals surface area (Å²) in [5.41, 5.74) is 17.8. The van der Waals surface area contributed by atoms with Crippen LogP contribution in [0, 0.1) is 0 Å². The number of hydrogen-bond acceptors (Lipinski definition) is 22. The van der Waals surface area contributed by atoms with E-state index in [1.807, 2.05) is 0 Å². The third kappa shape index (κ3) is 24.4. The first-order valence-electron chi connectivity index (χ1n) is 28.3. The van der Waals surface area contributed by atoms with Gasteiger partial charge >= 0.3 is 11.9 Å². The molecule has 91 heavy (non-hydrogen) atoms. The molecule has 0 radical (unpaired) electrons. The molecule has 0 saturated carbocycles. The minimum atomic E-state index is -2.00. The fraction of sp³-hybridized carbons (Fsp3) is 0.527. The molecule has 0 unspecified atom stereocenters. The number of carboxylic acids is 2. The Morgan fingerprint density at radius 2 is 1.00 bits per heavy atom. The molecule has 0 bridgehead atoms. The van der Waals surface area contributed by atoms with Crippen LogP contribution in [-0.4, -0.2) is 227 Å². The Balaban J connectivity index is 1.81. The highest BCUT2D eigenvalue weighted by Crippen LogP contribution is 2.24. The molecule has 0 aliphatic carbocycles. The number of benzene rings is 2. The minimum absolute atomic E-state index is 0.0717. The Labute approximate surface area is 533 Å². The summed E-state index contributed by atoms with van der Waals surface area (Å²) >= 11 is 1.19. The van der Waals surface area contributed by atoms with Crippen LogP contribution in [0.15, 0.2) is 48.5 Å². The number of rotatable bonds is 17. The number of phenols is 2. The average molecular weight is 1340 g/mol. The van der Waals surface area contributed by atoms with E-state index >= 15 is 0 Å². The molecule has 21 N–H and O–H groups in total. The first-order chi connectivity index (χ1) is 42.9. The summed E-state index contributed by atoms with van der Waals surface area (Å²) in [6.45, 7) is 1.98. The van der Waals surface area contributed by atoms with E-state index in [4.69, 9.17) is 17.2 Å². The van der Waals surface area contributed by atoms with E-state index in [-0.39, 0.29) is 60.8 Å². The summed E-state index contributed by atoms with van der Waals surface area (Å²) in [5.74, 6) is -17.7. The second-order valence-corrected chi connectivity index (χ2v) is 24.9. The van der Waals surface area contributed by atoms with E-state index in [0.29, 0.717) is 5.56 Å². The molecule has 2 aliphatic heterocycles. The Hall–Kier alpha value is -8.45. The molecule has 2 aliphatic rings. The number of thioether (sulfide) groups is 1. The van der Waals surface area contributed by atoms with Gasteiger partial charge in [0.25, 0.3) is 0 Å². The average Bonchev–Trinajstić information content (AvgIpc) is 1.94. The summed E-state index contributed by atoms with van der Waals surface area (Å²) in [6.07, 6.45) is -5.91. The third-order valence-electron chi connectivity index (χ3n) is 14.1. The van der Waals surface area contributed by atoms with Gasteiger partial charge in [-0.1, -0.05) is 45.9 Å². The zero-order valence-electron chi connectivity index (χ0n) is 49.6. The molecule has 13 atom stereocenters. The largest absolute Gasteiger partial charge is 0.508 e. The van der Waals surface area contributed by atoms with E-state index in [1.54, 1.807) is 6.26 Å². The van der Waals surface area contributed by atoms with Crippen LogP contribution in [0.2, 0.25) is 0 Å². The quantitative estimate of drug-likeness (QED) is 0.0656. The van der Waals surface area contributed by atoms with E-state index in [1.165, 1.54) is 60.3 Å². The van der Waals surface area contributed by atoms with E-state index < -0.39 is 199 Å². The number of nitrogens with one attached hydrogen (secondary N) is 9. The number of aliphatic hydroxyl groups excluding tert-OH is 2. The molecule has 2 fully saturated rings. The molecular formula is C55H77N13O20S3. The van der Waals surface area contributed by atoms with Crippen LogP contribution in [0.25, 0.3) is 0 Å². The molecule has 2 heterocycles. The van der Waals surface area contributed by atoms with Crippen LogP contribution in [0.5, 0.6) is 11.5 Å². The molecule has 0 aromatic heterocycles.